The molecule has 4 N–H and O–H groups in total. The fraction of sp³-hybridized carbons (Fsp3) is 0.438. The number of benzene rings is 1. The molecule has 7 nitrogen and oxygen atoms in total. The van der Waals surface area contributed by atoms with Crippen LogP contribution in [0.1, 0.15) is 24.9 Å². The van der Waals surface area contributed by atoms with E-state index in [1.54, 1.807) is 25.1 Å². The van der Waals surface area contributed by atoms with E-state index in [1.165, 1.54) is 11.8 Å². The fourth-order valence-electron chi connectivity index (χ4n) is 2.04. The molecule has 0 aliphatic rings. The fourth-order valence-corrected chi connectivity index (χ4v) is 2.71. The average Bonchev–Trinajstić information content (AvgIpc) is 2.56. The maximum atomic E-state index is 12.0. The van der Waals surface area contributed by atoms with Crippen molar-refractivity contribution < 1.29 is 19.1 Å². The Labute approximate surface area is 156 Å². The Morgan fingerprint density at radius 2 is 2.04 bits per heavy atom. The van der Waals surface area contributed by atoms with Gasteiger partial charge in [-0.1, -0.05) is 23.7 Å². The third kappa shape index (κ3) is 8.13. The number of nitrogens with two attached hydrogens (primary N) is 1. The normalized spacial score (nSPS) is 12.8. The number of carbonyl (C=O) groups excluding carboxylic acids is 3. The van der Waals surface area contributed by atoms with Crippen molar-refractivity contribution in [2.24, 2.45) is 5.73 Å². The lowest BCUT2D eigenvalue weighted by Crippen LogP contribution is -2.45. The average molecular weight is 388 g/mol. The van der Waals surface area contributed by atoms with Crippen LogP contribution in [0.3, 0.4) is 0 Å². The van der Waals surface area contributed by atoms with Gasteiger partial charge in [0.2, 0.25) is 0 Å². The van der Waals surface area contributed by atoms with Gasteiger partial charge in [-0.3, -0.25) is 4.79 Å². The van der Waals surface area contributed by atoms with E-state index in [1.807, 2.05) is 12.3 Å². The van der Waals surface area contributed by atoms with Crippen LogP contribution in [0, 0.1) is 0 Å². The molecule has 1 aromatic carbocycles. The van der Waals surface area contributed by atoms with Gasteiger partial charge in [0, 0.05) is 5.02 Å². The van der Waals surface area contributed by atoms with Crippen LogP contribution in [0.5, 0.6) is 0 Å². The van der Waals surface area contributed by atoms with Crippen molar-refractivity contribution in [1.29, 1.82) is 0 Å². The maximum absolute atomic E-state index is 12.0. The van der Waals surface area contributed by atoms with Gasteiger partial charge < -0.3 is 21.1 Å². The predicted molar refractivity (Wildman–Crippen MR) is 98.5 cm³/mol. The number of thioether (sulfide) groups is 1. The Kier molecular flexibility index (Phi) is 9.15. The van der Waals surface area contributed by atoms with E-state index in [9.17, 15) is 14.4 Å². The van der Waals surface area contributed by atoms with Crippen LogP contribution in [0.15, 0.2) is 24.3 Å². The summed E-state index contributed by atoms with van der Waals surface area (Å²) in [4.78, 5) is 34.9. The summed E-state index contributed by atoms with van der Waals surface area (Å²) in [5, 5.41) is 5.60. The summed E-state index contributed by atoms with van der Waals surface area (Å²) in [6, 6.07) is 5.12. The molecule has 0 spiro atoms. The largest absolute Gasteiger partial charge is 0.454 e. The Hall–Kier alpha value is -1.93. The van der Waals surface area contributed by atoms with Crippen molar-refractivity contribution >= 4 is 41.3 Å². The molecule has 9 heteroatoms. The van der Waals surface area contributed by atoms with Crippen molar-refractivity contribution in [1.82, 2.24) is 10.6 Å². The zero-order valence-electron chi connectivity index (χ0n) is 14.1. The van der Waals surface area contributed by atoms with Gasteiger partial charge in [0.15, 0.2) is 6.61 Å². The molecule has 0 heterocycles. The van der Waals surface area contributed by atoms with Crippen LogP contribution in [0.2, 0.25) is 5.02 Å². The first kappa shape index (κ1) is 21.1. The zero-order chi connectivity index (χ0) is 18.8. The standard InChI is InChI=1S/C16H22ClN3O4S/c1-10(11-4-3-5-12(17)8-11)19-14(21)9-24-15(22)13(6-7-25-2)20-16(18)23/h3-5,8,10,13H,6-7,9H2,1-2H3,(H,19,21)(H3,18,20,23)/t10-,13+/m1/s1. The van der Waals surface area contributed by atoms with Gasteiger partial charge in [0.1, 0.15) is 6.04 Å². The van der Waals surface area contributed by atoms with E-state index >= 15 is 0 Å². The van der Waals surface area contributed by atoms with Crippen LogP contribution < -0.4 is 16.4 Å². The minimum absolute atomic E-state index is 0.291. The number of esters is 1. The van der Waals surface area contributed by atoms with Gasteiger partial charge in [-0.25, -0.2) is 9.59 Å². The van der Waals surface area contributed by atoms with E-state index in [4.69, 9.17) is 22.1 Å². The SMILES string of the molecule is CSCC[C@H](NC(N)=O)C(=O)OCC(=O)N[C@H](C)c1cccc(Cl)c1. The van der Waals surface area contributed by atoms with E-state index in [0.717, 1.165) is 5.56 Å². The molecule has 0 aromatic heterocycles. The predicted octanol–water partition coefficient (Wildman–Crippen LogP) is 1.85. The summed E-state index contributed by atoms with van der Waals surface area (Å²) in [6.45, 7) is 1.35. The minimum Gasteiger partial charge on any atom is -0.454 e. The number of hydrogen-bond acceptors (Lipinski definition) is 5. The molecule has 1 rings (SSSR count). The second-order valence-electron chi connectivity index (χ2n) is 5.29. The molecule has 0 bridgehead atoms. The van der Waals surface area contributed by atoms with Gasteiger partial charge in [-0.2, -0.15) is 11.8 Å². The topological polar surface area (TPSA) is 111 Å². The van der Waals surface area contributed by atoms with Crippen molar-refractivity contribution in [3.8, 4) is 0 Å². The molecular weight excluding hydrogens is 366 g/mol. The number of ether oxygens (including phenoxy) is 1. The lowest BCUT2D eigenvalue weighted by Gasteiger charge is -2.17. The Morgan fingerprint density at radius 3 is 2.64 bits per heavy atom. The summed E-state index contributed by atoms with van der Waals surface area (Å²) >= 11 is 7.43. The number of carbonyl (C=O) groups is 3. The second-order valence-corrected chi connectivity index (χ2v) is 6.72. The summed E-state index contributed by atoms with van der Waals surface area (Å²) in [7, 11) is 0. The van der Waals surface area contributed by atoms with Gasteiger partial charge in [-0.05, 0) is 43.0 Å². The third-order valence-electron chi connectivity index (χ3n) is 3.28. The summed E-state index contributed by atoms with van der Waals surface area (Å²) in [5.41, 5.74) is 5.88. The summed E-state index contributed by atoms with van der Waals surface area (Å²) < 4.78 is 4.97. The highest BCUT2D eigenvalue weighted by Crippen LogP contribution is 2.17. The second kappa shape index (κ2) is 10.8. The molecule has 0 saturated heterocycles. The number of hydrogen-bond donors (Lipinski definition) is 3. The van der Waals surface area contributed by atoms with E-state index in [-0.39, 0.29) is 6.04 Å². The number of nitrogens with one attached hydrogen (secondary N) is 2. The number of primary amides is 1. The van der Waals surface area contributed by atoms with Crippen molar-refractivity contribution in [2.45, 2.75) is 25.4 Å². The molecule has 0 radical (unpaired) electrons. The van der Waals surface area contributed by atoms with Gasteiger partial charge in [0.25, 0.3) is 5.91 Å². The Morgan fingerprint density at radius 1 is 1.32 bits per heavy atom. The van der Waals surface area contributed by atoms with Crippen LogP contribution in [-0.2, 0) is 14.3 Å². The highest BCUT2D eigenvalue weighted by Gasteiger charge is 2.22. The molecule has 0 unspecified atom stereocenters. The molecule has 3 amide bonds. The first-order chi connectivity index (χ1) is 11.8. The van der Waals surface area contributed by atoms with Crippen LogP contribution in [-0.4, -0.2) is 42.6 Å². The highest BCUT2D eigenvalue weighted by atomic mass is 35.5. The van der Waals surface area contributed by atoms with Crippen LogP contribution >= 0.6 is 23.4 Å². The molecule has 2 atom stereocenters. The zero-order valence-corrected chi connectivity index (χ0v) is 15.7. The molecule has 0 saturated carbocycles. The number of amides is 3. The molecule has 0 aliphatic carbocycles. The Bertz CT molecular complexity index is 615. The molecule has 25 heavy (non-hydrogen) atoms. The van der Waals surface area contributed by atoms with Gasteiger partial charge in [-0.15, -0.1) is 0 Å². The monoisotopic (exact) mass is 387 g/mol. The van der Waals surface area contributed by atoms with E-state index in [0.29, 0.717) is 17.2 Å². The third-order valence-corrected chi connectivity index (χ3v) is 4.16. The molecular formula is C16H22ClN3O4S. The Balaban J connectivity index is 2.50. The first-order valence-electron chi connectivity index (χ1n) is 7.59. The van der Waals surface area contributed by atoms with Gasteiger partial charge in [0.05, 0.1) is 6.04 Å². The molecule has 0 fully saturated rings. The van der Waals surface area contributed by atoms with E-state index in [2.05, 4.69) is 10.6 Å². The number of rotatable bonds is 9. The van der Waals surface area contributed by atoms with Crippen molar-refractivity contribution in [2.75, 3.05) is 18.6 Å². The summed E-state index contributed by atoms with van der Waals surface area (Å²) in [5.74, 6) is -0.514. The van der Waals surface area contributed by atoms with E-state index < -0.39 is 30.6 Å². The van der Waals surface area contributed by atoms with Crippen LogP contribution in [0.25, 0.3) is 0 Å². The van der Waals surface area contributed by atoms with Crippen LogP contribution in [0.4, 0.5) is 4.79 Å². The molecule has 138 valence electrons. The highest BCUT2D eigenvalue weighted by molar-refractivity contribution is 7.98. The van der Waals surface area contributed by atoms with Crippen molar-refractivity contribution in [3.05, 3.63) is 34.9 Å². The smallest absolute Gasteiger partial charge is 0.329 e. The summed E-state index contributed by atoms with van der Waals surface area (Å²) in [6.07, 6.45) is 2.24. The molecule has 0 aliphatic heterocycles. The lowest BCUT2D eigenvalue weighted by molar-refractivity contribution is -0.150. The lowest BCUT2D eigenvalue weighted by atomic mass is 10.1. The number of urea groups is 1. The maximum Gasteiger partial charge on any atom is 0.329 e. The quantitative estimate of drug-likeness (QED) is 0.560. The molecule has 1 aromatic rings. The van der Waals surface area contributed by atoms with Crippen molar-refractivity contribution in [3.63, 3.8) is 0 Å². The number of halogens is 1. The van der Waals surface area contributed by atoms with Gasteiger partial charge >= 0.3 is 12.0 Å². The first-order valence-corrected chi connectivity index (χ1v) is 9.37. The minimum atomic E-state index is -0.872.